The second-order valence-corrected chi connectivity index (χ2v) is 6.43. The van der Waals surface area contributed by atoms with Gasteiger partial charge in [-0.15, -0.1) is 0 Å². The summed E-state index contributed by atoms with van der Waals surface area (Å²) in [7, 11) is 1.62. The van der Waals surface area contributed by atoms with E-state index >= 15 is 0 Å². The van der Waals surface area contributed by atoms with Gasteiger partial charge in [-0.1, -0.05) is 35.8 Å². The quantitative estimate of drug-likeness (QED) is 0.749. The molecule has 124 valence electrons. The fourth-order valence-electron chi connectivity index (χ4n) is 2.40. The molecule has 0 atom stereocenters. The van der Waals surface area contributed by atoms with Gasteiger partial charge >= 0.3 is 0 Å². The molecule has 2 aromatic carbocycles. The highest BCUT2D eigenvalue weighted by Crippen LogP contribution is 2.16. The van der Waals surface area contributed by atoms with E-state index in [9.17, 15) is 9.59 Å². The van der Waals surface area contributed by atoms with Crippen molar-refractivity contribution in [1.29, 1.82) is 0 Å². The number of methoxy groups -OCH3 is 1. The van der Waals surface area contributed by atoms with Crippen molar-refractivity contribution >= 4 is 27.5 Å². The molecule has 3 aromatic rings. The molecule has 6 heteroatoms. The lowest BCUT2D eigenvalue weighted by Crippen LogP contribution is -2.25. The zero-order valence-electron chi connectivity index (χ0n) is 13.3. The van der Waals surface area contributed by atoms with Crippen LogP contribution in [0.3, 0.4) is 0 Å². The molecule has 0 radical (unpaired) electrons. The third-order valence-corrected chi connectivity index (χ3v) is 4.86. The van der Waals surface area contributed by atoms with Crippen LogP contribution in [0, 0.1) is 0 Å². The number of fused-ring (bicyclic) bond motifs is 1. The molecule has 0 saturated heterocycles. The Labute approximate surface area is 143 Å². The van der Waals surface area contributed by atoms with E-state index in [0.29, 0.717) is 18.5 Å². The first-order chi connectivity index (χ1) is 11.7. The second-order valence-electron chi connectivity index (χ2n) is 5.37. The number of nitrogens with one attached hydrogen (secondary N) is 1. The van der Waals surface area contributed by atoms with Gasteiger partial charge in [-0.05, 0) is 29.8 Å². The highest BCUT2D eigenvalue weighted by molar-refractivity contribution is 7.13. The SMILES string of the molecule is COc1ccc(CNC(=O)CCn2sc3ccccc3c2=O)cc1. The molecule has 0 unspecified atom stereocenters. The fraction of sp³-hybridized carbons (Fsp3) is 0.222. The number of benzene rings is 2. The summed E-state index contributed by atoms with van der Waals surface area (Å²) in [5.74, 6) is 0.712. The molecule has 0 aliphatic carbocycles. The Bertz CT molecular complexity index is 897. The summed E-state index contributed by atoms with van der Waals surface area (Å²) in [6.45, 7) is 0.858. The topological polar surface area (TPSA) is 60.3 Å². The van der Waals surface area contributed by atoms with Gasteiger partial charge in [0, 0.05) is 19.5 Å². The summed E-state index contributed by atoms with van der Waals surface area (Å²) in [5.41, 5.74) is 0.974. The first-order valence-corrected chi connectivity index (χ1v) is 8.43. The van der Waals surface area contributed by atoms with Crippen LogP contribution in [-0.2, 0) is 17.9 Å². The van der Waals surface area contributed by atoms with Crippen LogP contribution in [0.5, 0.6) is 5.75 Å². The third kappa shape index (κ3) is 3.65. The lowest BCUT2D eigenvalue weighted by atomic mass is 10.2. The predicted octanol–water partition coefficient (Wildman–Crippen LogP) is 2.78. The summed E-state index contributed by atoms with van der Waals surface area (Å²) in [6, 6.07) is 15.0. The smallest absolute Gasteiger partial charge is 0.268 e. The van der Waals surface area contributed by atoms with Gasteiger partial charge in [0.1, 0.15) is 5.75 Å². The highest BCUT2D eigenvalue weighted by Gasteiger charge is 2.08. The zero-order chi connectivity index (χ0) is 16.9. The van der Waals surface area contributed by atoms with Crippen LogP contribution in [0.4, 0.5) is 0 Å². The molecule has 0 aliphatic heterocycles. The van der Waals surface area contributed by atoms with E-state index in [0.717, 1.165) is 16.0 Å². The number of ether oxygens (including phenoxy) is 1. The fourth-order valence-corrected chi connectivity index (χ4v) is 3.39. The minimum Gasteiger partial charge on any atom is -0.497 e. The van der Waals surface area contributed by atoms with Crippen molar-refractivity contribution < 1.29 is 9.53 Å². The van der Waals surface area contributed by atoms with Gasteiger partial charge in [-0.2, -0.15) is 0 Å². The maximum Gasteiger partial charge on any atom is 0.268 e. The molecule has 0 fully saturated rings. The number of carbonyl (C=O) groups is 1. The van der Waals surface area contributed by atoms with Crippen LogP contribution >= 0.6 is 11.5 Å². The van der Waals surface area contributed by atoms with Gasteiger partial charge in [0.2, 0.25) is 5.91 Å². The van der Waals surface area contributed by atoms with Gasteiger partial charge in [0.05, 0.1) is 17.2 Å². The normalized spacial score (nSPS) is 10.7. The summed E-state index contributed by atoms with van der Waals surface area (Å²) < 4.78 is 7.68. The lowest BCUT2D eigenvalue weighted by molar-refractivity contribution is -0.121. The number of rotatable bonds is 6. The molecule has 1 heterocycles. The number of aromatic nitrogens is 1. The van der Waals surface area contributed by atoms with Gasteiger partial charge in [-0.25, -0.2) is 0 Å². The largest absolute Gasteiger partial charge is 0.497 e. The molecule has 3 rings (SSSR count). The maximum absolute atomic E-state index is 12.2. The number of nitrogens with zero attached hydrogens (tertiary/aromatic N) is 1. The summed E-state index contributed by atoms with van der Waals surface area (Å²) in [5, 5.41) is 3.58. The van der Waals surface area contributed by atoms with Crippen molar-refractivity contribution in [2.45, 2.75) is 19.5 Å². The van der Waals surface area contributed by atoms with E-state index in [4.69, 9.17) is 4.74 Å². The number of aryl methyl sites for hydroxylation is 1. The highest BCUT2D eigenvalue weighted by atomic mass is 32.1. The number of hydrogen-bond donors (Lipinski definition) is 1. The van der Waals surface area contributed by atoms with E-state index in [-0.39, 0.29) is 17.9 Å². The average Bonchev–Trinajstić information content (AvgIpc) is 2.95. The summed E-state index contributed by atoms with van der Waals surface area (Å²) in [4.78, 5) is 24.2. The Morgan fingerprint density at radius 2 is 1.92 bits per heavy atom. The maximum atomic E-state index is 12.2. The molecule has 1 N–H and O–H groups in total. The van der Waals surface area contributed by atoms with Crippen molar-refractivity contribution in [2.75, 3.05) is 7.11 Å². The van der Waals surface area contributed by atoms with Gasteiger partial charge in [0.15, 0.2) is 0 Å². The van der Waals surface area contributed by atoms with Gasteiger partial charge in [-0.3, -0.25) is 13.5 Å². The van der Waals surface area contributed by atoms with Crippen LogP contribution in [-0.4, -0.2) is 17.0 Å². The Kier molecular flexibility index (Phi) is 4.96. The molecule has 0 spiro atoms. The Hall–Kier alpha value is -2.60. The lowest BCUT2D eigenvalue weighted by Gasteiger charge is -2.06. The Morgan fingerprint density at radius 3 is 2.62 bits per heavy atom. The molecule has 0 bridgehead atoms. The van der Waals surface area contributed by atoms with E-state index in [1.165, 1.54) is 11.5 Å². The molecular formula is C18H18N2O3S. The van der Waals surface area contributed by atoms with Crippen molar-refractivity contribution in [2.24, 2.45) is 0 Å². The van der Waals surface area contributed by atoms with Crippen LogP contribution in [0.25, 0.3) is 10.1 Å². The number of amides is 1. The molecule has 5 nitrogen and oxygen atoms in total. The van der Waals surface area contributed by atoms with Crippen LogP contribution in [0.15, 0.2) is 53.3 Å². The molecule has 24 heavy (non-hydrogen) atoms. The molecular weight excluding hydrogens is 324 g/mol. The monoisotopic (exact) mass is 342 g/mol. The Morgan fingerprint density at radius 1 is 1.17 bits per heavy atom. The minimum atomic E-state index is -0.0739. The standard InChI is InChI=1S/C18H18N2O3S/c1-23-14-8-6-13(7-9-14)12-19-17(21)10-11-20-18(22)15-4-2-3-5-16(15)24-20/h2-9H,10-12H2,1H3,(H,19,21). The first-order valence-electron chi connectivity index (χ1n) is 7.66. The van der Waals surface area contributed by atoms with Gasteiger partial charge in [0.25, 0.3) is 5.56 Å². The number of carbonyl (C=O) groups excluding carboxylic acids is 1. The van der Waals surface area contributed by atoms with Crippen molar-refractivity contribution in [3.63, 3.8) is 0 Å². The van der Waals surface area contributed by atoms with Crippen molar-refractivity contribution in [3.8, 4) is 5.75 Å². The summed E-state index contributed by atoms with van der Waals surface area (Å²) >= 11 is 1.39. The minimum absolute atomic E-state index is 0.0291. The molecule has 0 aliphatic rings. The summed E-state index contributed by atoms with van der Waals surface area (Å²) in [6.07, 6.45) is 0.281. The number of hydrogen-bond acceptors (Lipinski definition) is 4. The third-order valence-electron chi connectivity index (χ3n) is 3.74. The van der Waals surface area contributed by atoms with Gasteiger partial charge < -0.3 is 10.1 Å². The second kappa shape index (κ2) is 7.31. The van der Waals surface area contributed by atoms with E-state index in [2.05, 4.69) is 5.32 Å². The van der Waals surface area contributed by atoms with E-state index < -0.39 is 0 Å². The Balaban J connectivity index is 1.54. The van der Waals surface area contributed by atoms with Crippen molar-refractivity contribution in [3.05, 3.63) is 64.4 Å². The van der Waals surface area contributed by atoms with Crippen molar-refractivity contribution in [1.82, 2.24) is 9.27 Å². The van der Waals surface area contributed by atoms with E-state index in [1.807, 2.05) is 48.5 Å². The van der Waals surface area contributed by atoms with E-state index in [1.54, 1.807) is 11.1 Å². The van der Waals surface area contributed by atoms with Crippen LogP contribution in [0.1, 0.15) is 12.0 Å². The van der Waals surface area contributed by atoms with Crippen LogP contribution in [0.2, 0.25) is 0 Å². The average molecular weight is 342 g/mol. The zero-order valence-corrected chi connectivity index (χ0v) is 14.1. The molecule has 0 saturated carbocycles. The van der Waals surface area contributed by atoms with Crippen LogP contribution < -0.4 is 15.6 Å². The molecule has 1 amide bonds. The predicted molar refractivity (Wildman–Crippen MR) is 95.5 cm³/mol. The first kappa shape index (κ1) is 16.3. The molecule has 1 aromatic heterocycles.